The number of fused-ring (bicyclic) bond motifs is 1. The molecule has 2 aromatic carbocycles. The fourth-order valence-electron chi connectivity index (χ4n) is 3.98. The number of nitrogens with one attached hydrogen (secondary N) is 1. The first kappa shape index (κ1) is 19.9. The molecule has 29 heavy (non-hydrogen) atoms. The van der Waals surface area contributed by atoms with E-state index in [1.54, 1.807) is 6.07 Å². The minimum absolute atomic E-state index is 0.00640. The molecule has 0 atom stereocenters. The summed E-state index contributed by atoms with van der Waals surface area (Å²) in [5, 5.41) is 6.36. The van der Waals surface area contributed by atoms with Gasteiger partial charge >= 0.3 is 0 Å². The zero-order valence-corrected chi connectivity index (χ0v) is 17.6. The molecule has 154 valence electrons. The van der Waals surface area contributed by atoms with Crippen LogP contribution in [0.5, 0.6) is 0 Å². The van der Waals surface area contributed by atoms with Crippen LogP contribution in [0.2, 0.25) is 0 Å². The molecule has 0 radical (unpaired) electrons. The first-order valence-electron chi connectivity index (χ1n) is 9.32. The molecule has 1 aliphatic rings. The Morgan fingerprint density at radius 2 is 1.69 bits per heavy atom. The second-order valence-corrected chi connectivity index (χ2v) is 11.1. The third-order valence-corrected chi connectivity index (χ3v) is 7.52. The number of piperidine rings is 1. The summed E-state index contributed by atoms with van der Waals surface area (Å²) < 4.78 is 47.9. The van der Waals surface area contributed by atoms with Crippen LogP contribution in [0.3, 0.4) is 0 Å². The minimum Gasteiger partial charge on any atom is -0.370 e. The van der Waals surface area contributed by atoms with E-state index in [9.17, 15) is 16.8 Å². The number of aromatic amines is 1. The molecule has 1 saturated heterocycles. The first-order chi connectivity index (χ1) is 13.6. The van der Waals surface area contributed by atoms with Crippen molar-refractivity contribution in [2.45, 2.75) is 28.6 Å². The van der Waals surface area contributed by atoms with Crippen LogP contribution in [-0.2, 0) is 19.9 Å². The van der Waals surface area contributed by atoms with Crippen molar-refractivity contribution in [1.82, 2.24) is 4.98 Å². The predicted molar refractivity (Wildman–Crippen MR) is 113 cm³/mol. The Kier molecular flexibility index (Phi) is 4.92. The van der Waals surface area contributed by atoms with E-state index >= 15 is 0 Å². The van der Waals surface area contributed by atoms with Gasteiger partial charge in [0.15, 0.2) is 9.84 Å². The topological polar surface area (TPSA) is 113 Å². The number of aromatic nitrogens is 1. The maximum Gasteiger partial charge on any atom is 0.238 e. The zero-order chi connectivity index (χ0) is 20.8. The summed E-state index contributed by atoms with van der Waals surface area (Å²) in [7, 11) is -7.59. The van der Waals surface area contributed by atoms with Gasteiger partial charge in [0.05, 0.1) is 15.5 Å². The van der Waals surface area contributed by atoms with Gasteiger partial charge in [0.2, 0.25) is 10.0 Å². The van der Waals surface area contributed by atoms with Gasteiger partial charge in [-0.2, -0.15) is 0 Å². The van der Waals surface area contributed by atoms with Crippen molar-refractivity contribution in [1.29, 1.82) is 0 Å². The molecule has 0 aliphatic carbocycles. The molecule has 1 aliphatic heterocycles. The third-order valence-electron chi connectivity index (χ3n) is 5.49. The van der Waals surface area contributed by atoms with E-state index < -0.39 is 19.9 Å². The molecule has 9 heteroatoms. The van der Waals surface area contributed by atoms with Gasteiger partial charge < -0.3 is 9.88 Å². The second-order valence-electron chi connectivity index (χ2n) is 7.52. The largest absolute Gasteiger partial charge is 0.370 e. The van der Waals surface area contributed by atoms with Gasteiger partial charge in [-0.15, -0.1) is 0 Å². The number of sulfonamides is 1. The standard InChI is InChI=1S/C20H23N3O4S2/c1-28(24,25)20-13-16(29(21,26)27)6-7-19(20)23-10-8-14(9-11-23)18-12-15-4-2-3-5-17(15)22-18/h2-7,12-14,22H,8-11H2,1H3,(H2,21,26,27). The van der Waals surface area contributed by atoms with Gasteiger partial charge in [0.25, 0.3) is 0 Å². The Bertz CT molecular complexity index is 1240. The SMILES string of the molecule is CS(=O)(=O)c1cc(S(N)(=O)=O)ccc1N1CCC(c2cc3ccccc3[nH]2)CC1. The highest BCUT2D eigenvalue weighted by Gasteiger charge is 2.26. The molecule has 3 N–H and O–H groups in total. The molecule has 3 aromatic rings. The van der Waals surface area contributed by atoms with Crippen LogP contribution < -0.4 is 10.0 Å². The van der Waals surface area contributed by atoms with Crippen LogP contribution in [0.25, 0.3) is 10.9 Å². The van der Waals surface area contributed by atoms with E-state index in [0.29, 0.717) is 24.7 Å². The molecule has 0 amide bonds. The molecule has 0 bridgehead atoms. The molecule has 0 unspecified atom stereocenters. The summed E-state index contributed by atoms with van der Waals surface area (Å²) in [5.41, 5.74) is 2.83. The summed E-state index contributed by atoms with van der Waals surface area (Å²) in [6.07, 6.45) is 2.82. The number of hydrogen-bond donors (Lipinski definition) is 2. The normalized spacial score (nSPS) is 16.4. The van der Waals surface area contributed by atoms with Gasteiger partial charge in [-0.05, 0) is 48.6 Å². The summed E-state index contributed by atoms with van der Waals surface area (Å²) >= 11 is 0. The van der Waals surface area contributed by atoms with Crippen LogP contribution in [0.1, 0.15) is 24.5 Å². The lowest BCUT2D eigenvalue weighted by Crippen LogP contribution is -2.34. The molecule has 2 heterocycles. The van der Waals surface area contributed by atoms with Crippen LogP contribution >= 0.6 is 0 Å². The lowest BCUT2D eigenvalue weighted by molar-refractivity contribution is 0.496. The molecular formula is C20H23N3O4S2. The summed E-state index contributed by atoms with van der Waals surface area (Å²) in [6, 6.07) is 14.4. The number of primary sulfonamides is 1. The number of nitrogens with zero attached hydrogens (tertiary/aromatic N) is 1. The van der Waals surface area contributed by atoms with E-state index in [0.717, 1.165) is 30.7 Å². The van der Waals surface area contributed by atoms with Gasteiger partial charge in [0, 0.05) is 36.5 Å². The molecule has 1 aromatic heterocycles. The number of benzene rings is 2. The van der Waals surface area contributed by atoms with Gasteiger partial charge in [-0.25, -0.2) is 22.0 Å². The van der Waals surface area contributed by atoms with Gasteiger partial charge in [0.1, 0.15) is 0 Å². The van der Waals surface area contributed by atoms with Crippen molar-refractivity contribution in [3.8, 4) is 0 Å². The van der Waals surface area contributed by atoms with Crippen LogP contribution in [0.4, 0.5) is 5.69 Å². The molecule has 7 nitrogen and oxygen atoms in total. The maximum absolute atomic E-state index is 12.3. The Labute approximate surface area is 170 Å². The van der Waals surface area contributed by atoms with E-state index in [-0.39, 0.29) is 9.79 Å². The Morgan fingerprint density at radius 1 is 1.00 bits per heavy atom. The molecule has 0 spiro atoms. The highest BCUT2D eigenvalue weighted by Crippen LogP contribution is 2.35. The van der Waals surface area contributed by atoms with Crippen molar-refractivity contribution >= 4 is 36.5 Å². The maximum atomic E-state index is 12.3. The molecule has 4 rings (SSSR count). The lowest BCUT2D eigenvalue weighted by Gasteiger charge is -2.34. The van der Waals surface area contributed by atoms with E-state index in [1.165, 1.54) is 17.1 Å². The number of nitrogens with two attached hydrogens (primary N) is 1. The highest BCUT2D eigenvalue weighted by atomic mass is 32.2. The fourth-order valence-corrected chi connectivity index (χ4v) is 5.51. The Balaban J connectivity index is 1.59. The number of rotatable bonds is 4. The predicted octanol–water partition coefficient (Wildman–Crippen LogP) is 2.60. The molecule has 1 fully saturated rings. The van der Waals surface area contributed by atoms with Crippen molar-refractivity contribution < 1.29 is 16.8 Å². The average Bonchev–Trinajstić information content (AvgIpc) is 3.10. The van der Waals surface area contributed by atoms with Crippen LogP contribution in [0, 0.1) is 0 Å². The number of H-pyrrole nitrogens is 1. The monoisotopic (exact) mass is 433 g/mol. The second kappa shape index (κ2) is 7.16. The van der Waals surface area contributed by atoms with E-state index in [1.807, 2.05) is 17.0 Å². The highest BCUT2D eigenvalue weighted by molar-refractivity contribution is 7.91. The fraction of sp³-hybridized carbons (Fsp3) is 0.300. The van der Waals surface area contributed by atoms with Crippen molar-refractivity contribution in [2.75, 3.05) is 24.2 Å². The Hall–Kier alpha value is -2.36. The lowest BCUT2D eigenvalue weighted by atomic mass is 9.93. The first-order valence-corrected chi connectivity index (χ1v) is 12.8. The third kappa shape index (κ3) is 4.03. The summed E-state index contributed by atoms with van der Waals surface area (Å²) in [4.78, 5) is 5.28. The summed E-state index contributed by atoms with van der Waals surface area (Å²) in [6.45, 7) is 1.36. The van der Waals surface area contributed by atoms with Crippen molar-refractivity contribution in [2.24, 2.45) is 5.14 Å². The van der Waals surface area contributed by atoms with Crippen LogP contribution in [-0.4, -0.2) is 41.2 Å². The quantitative estimate of drug-likeness (QED) is 0.657. The Morgan fingerprint density at radius 3 is 2.31 bits per heavy atom. The minimum atomic E-state index is -3.98. The summed E-state index contributed by atoms with van der Waals surface area (Å²) in [5.74, 6) is 0.365. The van der Waals surface area contributed by atoms with Crippen molar-refractivity contribution in [3.05, 3.63) is 54.2 Å². The number of anilines is 1. The van der Waals surface area contributed by atoms with E-state index in [2.05, 4.69) is 23.2 Å². The van der Waals surface area contributed by atoms with Gasteiger partial charge in [-0.3, -0.25) is 0 Å². The van der Waals surface area contributed by atoms with E-state index in [4.69, 9.17) is 5.14 Å². The smallest absolute Gasteiger partial charge is 0.238 e. The number of hydrogen-bond acceptors (Lipinski definition) is 5. The number of para-hydroxylation sites is 1. The number of sulfone groups is 1. The zero-order valence-electron chi connectivity index (χ0n) is 16.0. The van der Waals surface area contributed by atoms with Crippen molar-refractivity contribution in [3.63, 3.8) is 0 Å². The van der Waals surface area contributed by atoms with Crippen LogP contribution in [0.15, 0.2) is 58.3 Å². The average molecular weight is 434 g/mol. The van der Waals surface area contributed by atoms with Gasteiger partial charge in [-0.1, -0.05) is 18.2 Å². The molecule has 0 saturated carbocycles. The molecular weight excluding hydrogens is 410 g/mol.